The Morgan fingerprint density at radius 1 is 1.04 bits per heavy atom. The Kier molecular flexibility index (Phi) is 4.64. The van der Waals surface area contributed by atoms with Gasteiger partial charge in [0, 0.05) is 21.2 Å². The van der Waals surface area contributed by atoms with E-state index in [0.29, 0.717) is 32.1 Å². The van der Waals surface area contributed by atoms with Gasteiger partial charge in [-0.25, -0.2) is 9.50 Å². The molecule has 28 heavy (non-hydrogen) atoms. The van der Waals surface area contributed by atoms with E-state index in [1.807, 2.05) is 25.1 Å². The molecule has 8 heteroatoms. The molecule has 0 amide bonds. The zero-order chi connectivity index (χ0) is 20.0. The average Bonchev–Trinajstić information content (AvgIpc) is 2.97. The van der Waals surface area contributed by atoms with Crippen LogP contribution in [0.15, 0.2) is 42.5 Å². The Morgan fingerprint density at radius 3 is 2.36 bits per heavy atom. The maximum atomic E-state index is 9.67. The smallest absolute Gasteiger partial charge is 0.166 e. The quantitative estimate of drug-likeness (QED) is 0.438. The second kappa shape index (κ2) is 6.99. The number of halogens is 3. The number of fused-ring (bicyclic) bond motifs is 1. The molecule has 0 saturated heterocycles. The lowest BCUT2D eigenvalue weighted by Gasteiger charge is -2.10. The molecule has 0 saturated carbocycles. The number of aromatic nitrogens is 3. The maximum absolute atomic E-state index is 9.67. The minimum absolute atomic E-state index is 0.117. The minimum atomic E-state index is 0.117. The van der Waals surface area contributed by atoms with Gasteiger partial charge in [-0.15, -0.1) is 0 Å². The van der Waals surface area contributed by atoms with Crippen LogP contribution in [0.2, 0.25) is 15.1 Å². The zero-order valence-corrected chi connectivity index (χ0v) is 16.8. The summed E-state index contributed by atoms with van der Waals surface area (Å²) in [5.74, 6) is 0.117. The van der Waals surface area contributed by atoms with Gasteiger partial charge in [0.2, 0.25) is 0 Å². The standard InChI is InChI=1S/C20H12Cl3N5/c1-10-17(14-7-6-13(22)8-16(14)23)20-26-19(25)15(9-24)18(28(20)27-10)11-2-4-12(21)5-3-11/h2-8H,1H3,(H2,25,26). The number of nitrogens with zero attached hydrogens (tertiary/aromatic N) is 4. The molecule has 138 valence electrons. The fraction of sp³-hybridized carbons (Fsp3) is 0.0500. The number of nitrogens with two attached hydrogens (primary N) is 1. The Hall–Kier alpha value is -2.78. The third-order valence-corrected chi connectivity index (χ3v) is 5.20. The molecule has 0 unspecified atom stereocenters. The van der Waals surface area contributed by atoms with E-state index in [0.717, 1.165) is 16.7 Å². The van der Waals surface area contributed by atoms with E-state index in [-0.39, 0.29) is 11.4 Å². The van der Waals surface area contributed by atoms with Crippen molar-refractivity contribution in [3.8, 4) is 28.5 Å². The highest BCUT2D eigenvalue weighted by atomic mass is 35.5. The largest absolute Gasteiger partial charge is 0.382 e. The van der Waals surface area contributed by atoms with Crippen LogP contribution in [0.1, 0.15) is 11.3 Å². The fourth-order valence-corrected chi connectivity index (χ4v) is 3.79. The summed E-state index contributed by atoms with van der Waals surface area (Å²) < 4.78 is 1.62. The molecule has 0 fully saturated rings. The second-order valence-corrected chi connectivity index (χ2v) is 7.44. The number of aryl methyl sites for hydroxylation is 1. The summed E-state index contributed by atoms with van der Waals surface area (Å²) in [4.78, 5) is 4.45. The molecule has 0 atom stereocenters. The molecular weight excluding hydrogens is 417 g/mol. The maximum Gasteiger partial charge on any atom is 0.166 e. The van der Waals surface area contributed by atoms with Crippen LogP contribution < -0.4 is 5.73 Å². The van der Waals surface area contributed by atoms with Crippen LogP contribution in [0.3, 0.4) is 0 Å². The van der Waals surface area contributed by atoms with E-state index >= 15 is 0 Å². The van der Waals surface area contributed by atoms with Crippen LogP contribution in [0.5, 0.6) is 0 Å². The number of anilines is 1. The second-order valence-electron chi connectivity index (χ2n) is 6.16. The number of nitriles is 1. The summed E-state index contributed by atoms with van der Waals surface area (Å²) in [7, 11) is 0. The predicted molar refractivity (Wildman–Crippen MR) is 113 cm³/mol. The molecule has 0 spiro atoms. The van der Waals surface area contributed by atoms with Crippen molar-refractivity contribution in [3.63, 3.8) is 0 Å². The number of benzene rings is 2. The molecule has 2 aromatic carbocycles. The van der Waals surface area contributed by atoms with Crippen LogP contribution in [-0.2, 0) is 0 Å². The Bertz CT molecular complexity index is 1270. The lowest BCUT2D eigenvalue weighted by molar-refractivity contribution is 0.923. The van der Waals surface area contributed by atoms with E-state index in [1.165, 1.54) is 0 Å². The van der Waals surface area contributed by atoms with Crippen molar-refractivity contribution in [3.05, 3.63) is 68.8 Å². The van der Waals surface area contributed by atoms with Crippen LogP contribution in [0.25, 0.3) is 28.0 Å². The van der Waals surface area contributed by atoms with Gasteiger partial charge in [-0.3, -0.25) is 0 Å². The van der Waals surface area contributed by atoms with Gasteiger partial charge in [-0.2, -0.15) is 10.4 Å². The summed E-state index contributed by atoms with van der Waals surface area (Å²) in [6.45, 7) is 1.85. The van der Waals surface area contributed by atoms with Gasteiger partial charge in [0.25, 0.3) is 0 Å². The molecule has 0 aliphatic carbocycles. The van der Waals surface area contributed by atoms with E-state index in [2.05, 4.69) is 16.2 Å². The lowest BCUT2D eigenvalue weighted by Crippen LogP contribution is -2.05. The predicted octanol–water partition coefficient (Wildman–Crippen LogP) is 5.79. The first kappa shape index (κ1) is 18.6. The fourth-order valence-electron chi connectivity index (χ4n) is 3.16. The summed E-state index contributed by atoms with van der Waals surface area (Å²) in [5.41, 5.74) is 10.3. The topological polar surface area (TPSA) is 80.0 Å². The molecule has 0 bridgehead atoms. The monoisotopic (exact) mass is 427 g/mol. The molecule has 0 aliphatic heterocycles. The van der Waals surface area contributed by atoms with E-state index in [1.54, 1.807) is 28.8 Å². The van der Waals surface area contributed by atoms with Crippen molar-refractivity contribution >= 4 is 46.3 Å². The van der Waals surface area contributed by atoms with Crippen LogP contribution in [0, 0.1) is 18.3 Å². The molecule has 5 nitrogen and oxygen atoms in total. The Labute approximate surface area is 175 Å². The summed E-state index contributed by atoms with van der Waals surface area (Å²) >= 11 is 18.5. The van der Waals surface area contributed by atoms with Crippen molar-refractivity contribution < 1.29 is 0 Å². The summed E-state index contributed by atoms with van der Waals surface area (Å²) in [6, 6.07) is 14.5. The highest BCUT2D eigenvalue weighted by Gasteiger charge is 2.22. The van der Waals surface area contributed by atoms with E-state index in [9.17, 15) is 5.26 Å². The molecule has 2 heterocycles. The molecule has 2 N–H and O–H groups in total. The van der Waals surface area contributed by atoms with E-state index < -0.39 is 0 Å². The van der Waals surface area contributed by atoms with Crippen molar-refractivity contribution in [2.45, 2.75) is 6.92 Å². The first-order valence-electron chi connectivity index (χ1n) is 8.21. The highest BCUT2D eigenvalue weighted by molar-refractivity contribution is 6.36. The Balaban J connectivity index is 2.11. The normalized spacial score (nSPS) is 11.0. The summed E-state index contributed by atoms with van der Waals surface area (Å²) in [6.07, 6.45) is 0. The molecule has 0 aliphatic rings. The van der Waals surface area contributed by atoms with Gasteiger partial charge < -0.3 is 5.73 Å². The van der Waals surface area contributed by atoms with Gasteiger partial charge in [0.15, 0.2) is 5.65 Å². The van der Waals surface area contributed by atoms with Crippen LogP contribution in [-0.4, -0.2) is 14.6 Å². The van der Waals surface area contributed by atoms with Gasteiger partial charge in [0.1, 0.15) is 17.5 Å². The van der Waals surface area contributed by atoms with Crippen molar-refractivity contribution in [2.24, 2.45) is 0 Å². The number of nitrogen functional groups attached to an aromatic ring is 1. The van der Waals surface area contributed by atoms with Crippen LogP contribution >= 0.6 is 34.8 Å². The summed E-state index contributed by atoms with van der Waals surface area (Å²) in [5, 5.41) is 15.9. The molecule has 4 aromatic rings. The Morgan fingerprint density at radius 2 is 1.71 bits per heavy atom. The van der Waals surface area contributed by atoms with Crippen molar-refractivity contribution in [1.82, 2.24) is 14.6 Å². The molecular formula is C20H12Cl3N5. The lowest BCUT2D eigenvalue weighted by atomic mass is 10.0. The minimum Gasteiger partial charge on any atom is -0.382 e. The zero-order valence-electron chi connectivity index (χ0n) is 14.5. The third kappa shape index (κ3) is 2.96. The first-order valence-corrected chi connectivity index (χ1v) is 9.34. The number of hydrogen-bond acceptors (Lipinski definition) is 4. The molecule has 0 radical (unpaired) electrons. The average molecular weight is 429 g/mol. The third-order valence-electron chi connectivity index (χ3n) is 4.40. The van der Waals surface area contributed by atoms with Crippen molar-refractivity contribution in [2.75, 3.05) is 5.73 Å². The van der Waals surface area contributed by atoms with Gasteiger partial charge >= 0.3 is 0 Å². The van der Waals surface area contributed by atoms with Gasteiger partial charge in [0.05, 0.1) is 22.0 Å². The van der Waals surface area contributed by atoms with Gasteiger partial charge in [-0.05, 0) is 31.2 Å². The molecule has 2 aromatic heterocycles. The number of rotatable bonds is 2. The van der Waals surface area contributed by atoms with Gasteiger partial charge in [-0.1, -0.05) is 53.0 Å². The van der Waals surface area contributed by atoms with E-state index in [4.69, 9.17) is 40.5 Å². The number of hydrogen-bond donors (Lipinski definition) is 1. The van der Waals surface area contributed by atoms with Crippen LogP contribution in [0.4, 0.5) is 5.82 Å². The highest BCUT2D eigenvalue weighted by Crippen LogP contribution is 2.37. The SMILES string of the molecule is Cc1nn2c(-c3ccc(Cl)cc3)c(C#N)c(N)nc2c1-c1ccc(Cl)cc1Cl. The molecule has 4 rings (SSSR count). The van der Waals surface area contributed by atoms with Crippen molar-refractivity contribution in [1.29, 1.82) is 5.26 Å². The first-order chi connectivity index (χ1) is 13.4.